The molecule has 3 heteroatoms. The Kier molecular flexibility index (Phi) is 5.51. The molecule has 0 saturated heterocycles. The maximum atomic E-state index is 4.47. The summed E-state index contributed by atoms with van der Waals surface area (Å²) >= 11 is 0. The third-order valence-electron chi connectivity index (χ3n) is 3.67. The largest absolute Gasteiger partial charge is 0.378 e. The molecular weight excluding hydrogens is 270 g/mol. The van der Waals surface area contributed by atoms with Crippen LogP contribution in [0.15, 0.2) is 52.4 Å². The van der Waals surface area contributed by atoms with Crippen LogP contribution in [0.4, 0.5) is 17.1 Å². The van der Waals surface area contributed by atoms with E-state index < -0.39 is 0 Å². The van der Waals surface area contributed by atoms with Gasteiger partial charge in [-0.3, -0.25) is 0 Å². The molecular formula is C19H23N3. The zero-order valence-corrected chi connectivity index (χ0v) is 13.8. The van der Waals surface area contributed by atoms with E-state index in [1.54, 1.807) is 0 Å². The molecule has 114 valence electrons. The molecule has 0 aliphatic rings. The average molecular weight is 293 g/mol. The van der Waals surface area contributed by atoms with Gasteiger partial charge in [0.25, 0.3) is 0 Å². The Morgan fingerprint density at radius 3 is 1.95 bits per heavy atom. The van der Waals surface area contributed by atoms with Gasteiger partial charge in [-0.05, 0) is 48.2 Å². The number of para-hydroxylation sites is 1. The van der Waals surface area contributed by atoms with Gasteiger partial charge in [0.15, 0.2) is 0 Å². The number of anilines is 1. The molecule has 0 saturated carbocycles. The lowest BCUT2D eigenvalue weighted by Gasteiger charge is -2.11. The summed E-state index contributed by atoms with van der Waals surface area (Å²) in [6.07, 6.45) is 1.93. The minimum Gasteiger partial charge on any atom is -0.378 e. The van der Waals surface area contributed by atoms with Crippen molar-refractivity contribution in [2.75, 3.05) is 19.0 Å². The lowest BCUT2D eigenvalue weighted by atomic mass is 10.0. The molecule has 0 heterocycles. The Bertz CT molecular complexity index is 656. The van der Waals surface area contributed by atoms with E-state index in [1.807, 2.05) is 38.4 Å². The van der Waals surface area contributed by atoms with Gasteiger partial charge in [-0.2, -0.15) is 9.98 Å². The van der Waals surface area contributed by atoms with Crippen molar-refractivity contribution in [2.24, 2.45) is 9.98 Å². The first-order valence-corrected chi connectivity index (χ1v) is 7.70. The van der Waals surface area contributed by atoms with E-state index in [0.29, 0.717) is 0 Å². The summed E-state index contributed by atoms with van der Waals surface area (Å²) in [6.45, 7) is 4.29. The molecule has 2 aromatic carbocycles. The third kappa shape index (κ3) is 3.84. The fourth-order valence-electron chi connectivity index (χ4n) is 2.32. The van der Waals surface area contributed by atoms with Crippen molar-refractivity contribution in [2.45, 2.75) is 26.7 Å². The maximum absolute atomic E-state index is 4.47. The summed E-state index contributed by atoms with van der Waals surface area (Å²) in [5.74, 6) is 0. The van der Waals surface area contributed by atoms with Crippen molar-refractivity contribution in [3.05, 3.63) is 53.6 Å². The van der Waals surface area contributed by atoms with Crippen LogP contribution in [0.1, 0.15) is 25.0 Å². The van der Waals surface area contributed by atoms with Gasteiger partial charge in [0.1, 0.15) is 6.01 Å². The first kappa shape index (κ1) is 16.0. The van der Waals surface area contributed by atoms with Crippen LogP contribution < -0.4 is 4.90 Å². The fourth-order valence-corrected chi connectivity index (χ4v) is 2.32. The first-order chi connectivity index (χ1) is 10.7. The van der Waals surface area contributed by atoms with Gasteiger partial charge >= 0.3 is 0 Å². The van der Waals surface area contributed by atoms with Crippen LogP contribution in [0.5, 0.6) is 0 Å². The molecule has 0 aliphatic heterocycles. The van der Waals surface area contributed by atoms with Crippen LogP contribution in [-0.2, 0) is 12.8 Å². The number of aliphatic imine (C=N–C) groups is 2. The Balaban J connectivity index is 2.28. The number of nitrogens with zero attached hydrogens (tertiary/aromatic N) is 3. The van der Waals surface area contributed by atoms with E-state index in [4.69, 9.17) is 0 Å². The normalized spacial score (nSPS) is 10.0. The summed E-state index contributed by atoms with van der Waals surface area (Å²) in [6, 6.07) is 17.2. The van der Waals surface area contributed by atoms with Gasteiger partial charge in [-0.1, -0.05) is 32.0 Å². The molecule has 0 aliphatic carbocycles. The van der Waals surface area contributed by atoms with Crippen LogP contribution in [-0.4, -0.2) is 20.1 Å². The molecule has 0 bridgehead atoms. The topological polar surface area (TPSA) is 28.0 Å². The molecule has 22 heavy (non-hydrogen) atoms. The minimum atomic E-state index is 0.862. The predicted octanol–water partition coefficient (Wildman–Crippen LogP) is 5.01. The summed E-state index contributed by atoms with van der Waals surface area (Å²) in [7, 11) is 4.04. The van der Waals surface area contributed by atoms with Crippen molar-refractivity contribution in [3.8, 4) is 0 Å². The first-order valence-electron chi connectivity index (χ1n) is 7.70. The van der Waals surface area contributed by atoms with Crippen LogP contribution >= 0.6 is 0 Å². The van der Waals surface area contributed by atoms with E-state index in [9.17, 15) is 0 Å². The van der Waals surface area contributed by atoms with Crippen LogP contribution in [0.25, 0.3) is 0 Å². The van der Waals surface area contributed by atoms with E-state index in [2.05, 4.69) is 52.9 Å². The molecule has 0 N–H and O–H groups in total. The quantitative estimate of drug-likeness (QED) is 0.712. The fraction of sp³-hybridized carbons (Fsp3) is 0.316. The molecule has 0 fully saturated rings. The van der Waals surface area contributed by atoms with Gasteiger partial charge in [0, 0.05) is 19.8 Å². The number of hydrogen-bond acceptors (Lipinski definition) is 3. The average Bonchev–Trinajstić information content (AvgIpc) is 2.55. The summed E-state index contributed by atoms with van der Waals surface area (Å²) in [5.41, 5.74) is 5.51. The molecule has 2 aromatic rings. The molecule has 0 atom stereocenters. The molecule has 2 rings (SSSR count). The Hall–Kier alpha value is -2.38. The maximum Gasteiger partial charge on any atom is 0.100 e. The Morgan fingerprint density at radius 2 is 1.45 bits per heavy atom. The highest BCUT2D eigenvalue weighted by molar-refractivity contribution is 5.63. The van der Waals surface area contributed by atoms with Crippen molar-refractivity contribution < 1.29 is 0 Å². The van der Waals surface area contributed by atoms with Crippen molar-refractivity contribution in [1.29, 1.82) is 0 Å². The number of rotatable bonds is 5. The molecule has 0 spiro atoms. The number of aryl methyl sites for hydroxylation is 2. The molecule has 0 aromatic heterocycles. The van der Waals surface area contributed by atoms with Crippen LogP contribution in [0, 0.1) is 0 Å². The monoisotopic (exact) mass is 293 g/mol. The highest BCUT2D eigenvalue weighted by Crippen LogP contribution is 2.25. The van der Waals surface area contributed by atoms with Gasteiger partial charge in [-0.25, -0.2) is 0 Å². The lowest BCUT2D eigenvalue weighted by molar-refractivity contribution is 1.08. The smallest absolute Gasteiger partial charge is 0.100 e. The van der Waals surface area contributed by atoms with E-state index in [-0.39, 0.29) is 0 Å². The highest BCUT2D eigenvalue weighted by atomic mass is 15.1. The lowest BCUT2D eigenvalue weighted by Crippen LogP contribution is -2.07. The minimum absolute atomic E-state index is 0.862. The Labute approximate surface area is 133 Å². The van der Waals surface area contributed by atoms with Crippen molar-refractivity contribution >= 4 is 23.1 Å². The van der Waals surface area contributed by atoms with Crippen molar-refractivity contribution in [1.82, 2.24) is 0 Å². The SMILES string of the molecule is CCc1cccc(CC)c1N=C=Nc1ccc(N(C)C)cc1. The van der Waals surface area contributed by atoms with E-state index in [1.165, 1.54) is 11.1 Å². The summed E-state index contributed by atoms with van der Waals surface area (Å²) in [5, 5.41) is 0. The second-order valence-electron chi connectivity index (χ2n) is 5.37. The predicted molar refractivity (Wildman–Crippen MR) is 95.2 cm³/mol. The van der Waals surface area contributed by atoms with Gasteiger partial charge in [-0.15, -0.1) is 0 Å². The second kappa shape index (κ2) is 7.58. The summed E-state index contributed by atoms with van der Waals surface area (Å²) in [4.78, 5) is 10.9. The zero-order chi connectivity index (χ0) is 15.9. The summed E-state index contributed by atoms with van der Waals surface area (Å²) < 4.78 is 0. The molecule has 0 unspecified atom stereocenters. The zero-order valence-electron chi connectivity index (χ0n) is 13.8. The van der Waals surface area contributed by atoms with Crippen LogP contribution in [0.3, 0.4) is 0 Å². The highest BCUT2D eigenvalue weighted by Gasteiger charge is 2.03. The molecule has 0 radical (unpaired) electrons. The number of benzene rings is 2. The number of hydrogen-bond donors (Lipinski definition) is 0. The van der Waals surface area contributed by atoms with Gasteiger partial charge < -0.3 is 4.90 Å². The second-order valence-corrected chi connectivity index (χ2v) is 5.37. The molecule has 0 amide bonds. The van der Waals surface area contributed by atoms with Crippen molar-refractivity contribution in [3.63, 3.8) is 0 Å². The van der Waals surface area contributed by atoms with Gasteiger partial charge in [0.05, 0.1) is 11.4 Å². The van der Waals surface area contributed by atoms with Crippen LogP contribution in [0.2, 0.25) is 0 Å². The van der Waals surface area contributed by atoms with Gasteiger partial charge in [0.2, 0.25) is 0 Å². The van der Waals surface area contributed by atoms with E-state index in [0.717, 1.165) is 29.9 Å². The standard InChI is InChI=1S/C19H23N3/c1-5-15-8-7-9-16(6-2)19(15)21-14-20-17-10-12-18(13-11-17)22(3)4/h7-13H,5-6H2,1-4H3. The Morgan fingerprint density at radius 1 is 0.864 bits per heavy atom. The van der Waals surface area contributed by atoms with E-state index >= 15 is 0 Å². The molecule has 3 nitrogen and oxygen atoms in total. The third-order valence-corrected chi connectivity index (χ3v) is 3.67.